The highest BCUT2D eigenvalue weighted by Gasteiger charge is 2.21. The largest absolute Gasteiger partial charge is 0.369 e. The van der Waals surface area contributed by atoms with Gasteiger partial charge in [0.2, 0.25) is 0 Å². The van der Waals surface area contributed by atoms with Gasteiger partial charge in [-0.15, -0.1) is 0 Å². The van der Waals surface area contributed by atoms with Crippen LogP contribution in [-0.4, -0.2) is 32.7 Å². The molecule has 68 valence electrons. The fourth-order valence-corrected chi connectivity index (χ4v) is 1.72. The van der Waals surface area contributed by atoms with Crippen LogP contribution in [0.1, 0.15) is 13.3 Å². The van der Waals surface area contributed by atoms with E-state index in [4.69, 9.17) is 5.11 Å². The zero-order chi connectivity index (χ0) is 8.91. The van der Waals surface area contributed by atoms with Gasteiger partial charge in [-0.3, -0.25) is 0 Å². The third-order valence-electron chi connectivity index (χ3n) is 1.26. The normalized spacial score (nSPS) is 14.8. The summed E-state index contributed by atoms with van der Waals surface area (Å²) in [6.45, 7) is 0.903. The Labute approximate surface area is 66.5 Å². The minimum Gasteiger partial charge on any atom is -0.369 e. The summed E-state index contributed by atoms with van der Waals surface area (Å²) in [7, 11) is -2.11. The average molecular weight is 183 g/mol. The zero-order valence-corrected chi connectivity index (χ0v) is 7.39. The molecule has 0 aliphatic carbocycles. The second kappa shape index (κ2) is 4.66. The Bertz CT molecular complexity index is 185. The molecule has 0 aromatic heterocycles. The van der Waals surface area contributed by atoms with Gasteiger partial charge in [0, 0.05) is 0 Å². The maximum Gasteiger partial charge on any atom is 0.285 e. The predicted molar refractivity (Wildman–Crippen MR) is 40.2 cm³/mol. The minimum atomic E-state index is -3.63. The summed E-state index contributed by atoms with van der Waals surface area (Å²) >= 11 is 0. The van der Waals surface area contributed by atoms with E-state index >= 15 is 0 Å². The van der Waals surface area contributed by atoms with Crippen molar-refractivity contribution in [2.45, 2.75) is 18.7 Å². The highest BCUT2D eigenvalue weighted by atomic mass is 32.2. The molecule has 11 heavy (non-hydrogen) atoms. The lowest BCUT2D eigenvalue weighted by Crippen LogP contribution is -2.34. The van der Waals surface area contributed by atoms with E-state index < -0.39 is 22.3 Å². The first-order valence-electron chi connectivity index (χ1n) is 3.24. The zero-order valence-electron chi connectivity index (χ0n) is 6.57. The van der Waals surface area contributed by atoms with E-state index in [1.54, 1.807) is 6.92 Å². The third kappa shape index (κ3) is 3.15. The van der Waals surface area contributed by atoms with Gasteiger partial charge >= 0.3 is 0 Å². The van der Waals surface area contributed by atoms with Gasteiger partial charge in [0.1, 0.15) is 5.37 Å². The first-order chi connectivity index (χ1) is 5.08. The molecule has 2 N–H and O–H groups in total. The molecule has 0 aliphatic heterocycles. The Morgan fingerprint density at radius 2 is 2.18 bits per heavy atom. The molecular formula is C5H13NO4S. The molecule has 1 unspecified atom stereocenters. The highest BCUT2D eigenvalue weighted by molar-refractivity contribution is 7.87. The van der Waals surface area contributed by atoms with Crippen LogP contribution in [0.3, 0.4) is 0 Å². The Balaban J connectivity index is 4.26. The van der Waals surface area contributed by atoms with Crippen molar-refractivity contribution in [3.8, 4) is 0 Å². The fourth-order valence-electron chi connectivity index (χ4n) is 0.708. The molecule has 0 amide bonds. The maximum atomic E-state index is 10.9. The van der Waals surface area contributed by atoms with Crippen molar-refractivity contribution < 1.29 is 17.7 Å². The Kier molecular flexibility index (Phi) is 4.58. The van der Waals surface area contributed by atoms with Crippen molar-refractivity contribution in [3.63, 3.8) is 0 Å². The molecule has 6 heteroatoms. The summed E-state index contributed by atoms with van der Waals surface area (Å²) in [5.74, 6) is 0. The van der Waals surface area contributed by atoms with Crippen LogP contribution in [0.25, 0.3) is 0 Å². The van der Waals surface area contributed by atoms with Crippen LogP contribution in [-0.2, 0) is 14.3 Å². The molecule has 0 fully saturated rings. The minimum absolute atomic E-state index is 0.402. The molecule has 1 atom stereocenters. The summed E-state index contributed by atoms with van der Waals surface area (Å²) in [5, 5.41) is 10.0. The van der Waals surface area contributed by atoms with Crippen LogP contribution < -0.4 is 5.32 Å². The van der Waals surface area contributed by atoms with Crippen LogP contribution >= 0.6 is 0 Å². The second-order valence-electron chi connectivity index (χ2n) is 1.93. The topological polar surface area (TPSA) is 75.6 Å². The van der Waals surface area contributed by atoms with Gasteiger partial charge in [0.15, 0.2) is 6.79 Å². The Hall–Kier alpha value is -0.170. The molecule has 5 nitrogen and oxygen atoms in total. The van der Waals surface area contributed by atoms with Crippen molar-refractivity contribution in [2.75, 3.05) is 13.8 Å². The number of hydrogen-bond donors (Lipinski definition) is 2. The first-order valence-corrected chi connectivity index (χ1v) is 4.72. The van der Waals surface area contributed by atoms with E-state index in [1.165, 1.54) is 7.05 Å². The number of nitrogens with one attached hydrogen (secondary N) is 1. The van der Waals surface area contributed by atoms with Crippen molar-refractivity contribution in [2.24, 2.45) is 0 Å². The van der Waals surface area contributed by atoms with Crippen LogP contribution in [0.2, 0.25) is 0 Å². The van der Waals surface area contributed by atoms with Crippen LogP contribution in [0, 0.1) is 0 Å². The molecule has 0 aliphatic rings. The molecule has 0 heterocycles. The van der Waals surface area contributed by atoms with E-state index in [2.05, 4.69) is 9.50 Å². The van der Waals surface area contributed by atoms with Gasteiger partial charge in [-0.05, 0) is 13.5 Å². The summed E-state index contributed by atoms with van der Waals surface area (Å²) in [6.07, 6.45) is 0.402. The summed E-state index contributed by atoms with van der Waals surface area (Å²) < 4.78 is 26.0. The maximum absolute atomic E-state index is 10.9. The average Bonchev–Trinajstić information content (AvgIpc) is 1.89. The second-order valence-corrected chi connectivity index (χ2v) is 3.72. The summed E-state index contributed by atoms with van der Waals surface area (Å²) in [6, 6.07) is 0. The van der Waals surface area contributed by atoms with E-state index in [-0.39, 0.29) is 0 Å². The Morgan fingerprint density at radius 3 is 2.45 bits per heavy atom. The van der Waals surface area contributed by atoms with Crippen LogP contribution in [0.4, 0.5) is 0 Å². The lowest BCUT2D eigenvalue weighted by molar-refractivity contribution is 0.102. The summed E-state index contributed by atoms with van der Waals surface area (Å²) in [5.41, 5.74) is 0. The number of rotatable bonds is 5. The van der Waals surface area contributed by atoms with Crippen molar-refractivity contribution >= 4 is 10.1 Å². The van der Waals surface area contributed by atoms with Crippen molar-refractivity contribution in [1.82, 2.24) is 5.32 Å². The first kappa shape index (κ1) is 10.8. The van der Waals surface area contributed by atoms with Crippen LogP contribution in [0.15, 0.2) is 0 Å². The molecular weight excluding hydrogens is 170 g/mol. The summed E-state index contributed by atoms with van der Waals surface area (Å²) in [4.78, 5) is 0. The van der Waals surface area contributed by atoms with Gasteiger partial charge in [-0.1, -0.05) is 6.92 Å². The molecule has 0 rings (SSSR count). The molecule has 0 radical (unpaired) electrons. The van der Waals surface area contributed by atoms with Gasteiger partial charge in [0.05, 0.1) is 0 Å². The van der Waals surface area contributed by atoms with Gasteiger partial charge in [-0.2, -0.15) is 8.42 Å². The number of hydrogen-bond acceptors (Lipinski definition) is 5. The van der Waals surface area contributed by atoms with Crippen molar-refractivity contribution in [1.29, 1.82) is 0 Å². The van der Waals surface area contributed by atoms with E-state index in [0.717, 1.165) is 0 Å². The van der Waals surface area contributed by atoms with Crippen LogP contribution in [0.5, 0.6) is 0 Å². The fraction of sp³-hybridized carbons (Fsp3) is 1.00. The molecule has 0 spiro atoms. The lowest BCUT2D eigenvalue weighted by Gasteiger charge is -2.12. The number of aliphatic hydroxyl groups is 1. The predicted octanol–water partition coefficient (Wildman–Crippen LogP) is -0.762. The standard InChI is InChI=1S/C5H13NO4S/c1-3-5(6-2)11(8,9)10-4-7/h5-7H,3-4H2,1-2H3. The van der Waals surface area contributed by atoms with E-state index in [0.29, 0.717) is 6.42 Å². The molecule has 0 aromatic rings. The SMILES string of the molecule is CCC(NC)S(=O)(=O)OCO. The Morgan fingerprint density at radius 1 is 1.64 bits per heavy atom. The molecule has 0 aromatic carbocycles. The van der Waals surface area contributed by atoms with Gasteiger partial charge in [-0.25, -0.2) is 4.18 Å². The lowest BCUT2D eigenvalue weighted by atomic mass is 10.5. The third-order valence-corrected chi connectivity index (χ3v) is 2.96. The molecule has 0 bridgehead atoms. The van der Waals surface area contributed by atoms with Gasteiger partial charge < -0.3 is 10.4 Å². The smallest absolute Gasteiger partial charge is 0.285 e. The van der Waals surface area contributed by atoms with E-state index in [1.807, 2.05) is 0 Å². The molecule has 0 saturated carbocycles. The number of aliphatic hydroxyl groups excluding tert-OH is 1. The quantitative estimate of drug-likeness (QED) is 0.433. The highest BCUT2D eigenvalue weighted by Crippen LogP contribution is 2.03. The van der Waals surface area contributed by atoms with Gasteiger partial charge in [0.25, 0.3) is 10.1 Å². The molecule has 0 saturated heterocycles. The monoisotopic (exact) mass is 183 g/mol. The van der Waals surface area contributed by atoms with E-state index in [9.17, 15) is 8.42 Å². The van der Waals surface area contributed by atoms with Crippen molar-refractivity contribution in [3.05, 3.63) is 0 Å².